The molecule has 0 aliphatic heterocycles. The Balaban J connectivity index is 2.92. The quantitative estimate of drug-likeness (QED) is 0.818. The predicted octanol–water partition coefficient (Wildman–Crippen LogP) is 3.27. The van der Waals surface area contributed by atoms with Crippen LogP contribution in [0, 0.1) is 19.8 Å². The molecule has 2 nitrogen and oxygen atoms in total. The molecule has 0 radical (unpaired) electrons. The topological polar surface area (TPSA) is 20.3 Å². The first-order chi connectivity index (χ1) is 7.97. The minimum absolute atomic E-state index is 0.0647. The van der Waals surface area contributed by atoms with Crippen molar-refractivity contribution in [1.29, 1.82) is 0 Å². The third-order valence-electron chi connectivity index (χ3n) is 2.89. The second-order valence-corrected chi connectivity index (χ2v) is 5.45. The first-order valence-corrected chi connectivity index (χ1v) is 7.20. The van der Waals surface area contributed by atoms with Gasteiger partial charge < -0.3 is 4.90 Å². The summed E-state index contributed by atoms with van der Waals surface area (Å²) < 4.78 is 0. The summed E-state index contributed by atoms with van der Waals surface area (Å²) >= 11 is 1.71. The van der Waals surface area contributed by atoms with Crippen LogP contribution in [-0.4, -0.2) is 25.0 Å². The molecule has 0 aliphatic carbocycles. The number of thioether (sulfide) groups is 1. The van der Waals surface area contributed by atoms with Crippen molar-refractivity contribution in [2.45, 2.75) is 20.8 Å². The minimum Gasteiger partial charge on any atom is -0.315 e. The molecule has 3 heteroatoms. The van der Waals surface area contributed by atoms with Gasteiger partial charge in [0, 0.05) is 24.4 Å². The van der Waals surface area contributed by atoms with Gasteiger partial charge in [0.15, 0.2) is 0 Å². The Labute approximate surface area is 108 Å². The maximum absolute atomic E-state index is 12.2. The van der Waals surface area contributed by atoms with Crippen LogP contribution in [-0.2, 0) is 4.79 Å². The average molecular weight is 251 g/mol. The van der Waals surface area contributed by atoms with E-state index in [4.69, 9.17) is 0 Å². The van der Waals surface area contributed by atoms with E-state index in [9.17, 15) is 4.79 Å². The SMILES string of the molecule is CSC[C@H](C)C(=O)N(C)c1cc(C)ccc1C. The number of aryl methyl sites for hydroxylation is 2. The average Bonchev–Trinajstić information content (AvgIpc) is 2.30. The second kappa shape index (κ2) is 6.10. The maximum atomic E-state index is 12.2. The van der Waals surface area contributed by atoms with E-state index < -0.39 is 0 Å². The van der Waals surface area contributed by atoms with Crippen molar-refractivity contribution >= 4 is 23.4 Å². The zero-order chi connectivity index (χ0) is 13.0. The molecule has 0 saturated carbocycles. The van der Waals surface area contributed by atoms with Crippen LogP contribution in [0.15, 0.2) is 18.2 Å². The molecule has 0 fully saturated rings. The molecular formula is C14H21NOS. The van der Waals surface area contributed by atoms with E-state index in [2.05, 4.69) is 18.2 Å². The summed E-state index contributed by atoms with van der Waals surface area (Å²) in [7, 11) is 1.86. The number of hydrogen-bond donors (Lipinski definition) is 0. The number of carbonyl (C=O) groups is 1. The molecule has 94 valence electrons. The van der Waals surface area contributed by atoms with E-state index >= 15 is 0 Å². The number of hydrogen-bond acceptors (Lipinski definition) is 2. The molecule has 0 saturated heterocycles. The fraction of sp³-hybridized carbons (Fsp3) is 0.500. The van der Waals surface area contributed by atoms with Gasteiger partial charge in [0.05, 0.1) is 0 Å². The van der Waals surface area contributed by atoms with Crippen LogP contribution in [0.1, 0.15) is 18.1 Å². The lowest BCUT2D eigenvalue weighted by atomic mass is 10.1. The molecule has 0 heterocycles. The highest BCUT2D eigenvalue weighted by molar-refractivity contribution is 7.98. The van der Waals surface area contributed by atoms with Crippen LogP contribution >= 0.6 is 11.8 Å². The Morgan fingerprint density at radius 2 is 2.06 bits per heavy atom. The summed E-state index contributed by atoms with van der Waals surface area (Å²) in [5, 5.41) is 0. The van der Waals surface area contributed by atoms with Gasteiger partial charge in [-0.05, 0) is 37.3 Å². The van der Waals surface area contributed by atoms with Crippen LogP contribution in [0.3, 0.4) is 0 Å². The van der Waals surface area contributed by atoms with E-state index in [-0.39, 0.29) is 11.8 Å². The standard InChI is InChI=1S/C14H21NOS/c1-10-6-7-11(2)13(8-10)15(4)14(16)12(3)9-17-5/h6-8,12H,9H2,1-5H3/t12-/m0/s1. The van der Waals surface area contributed by atoms with E-state index in [0.29, 0.717) is 0 Å². The molecule has 1 rings (SSSR count). The molecule has 1 amide bonds. The van der Waals surface area contributed by atoms with Gasteiger partial charge in [-0.2, -0.15) is 11.8 Å². The van der Waals surface area contributed by atoms with E-state index in [1.165, 1.54) is 5.56 Å². The fourth-order valence-corrected chi connectivity index (χ4v) is 2.49. The zero-order valence-electron chi connectivity index (χ0n) is 11.3. The summed E-state index contributed by atoms with van der Waals surface area (Å²) in [6.07, 6.45) is 2.03. The highest BCUT2D eigenvalue weighted by atomic mass is 32.2. The smallest absolute Gasteiger partial charge is 0.230 e. The number of nitrogens with zero attached hydrogens (tertiary/aromatic N) is 1. The molecule has 0 aliphatic rings. The van der Waals surface area contributed by atoms with Gasteiger partial charge >= 0.3 is 0 Å². The molecule has 0 spiro atoms. The monoisotopic (exact) mass is 251 g/mol. The Kier molecular flexibility index (Phi) is 5.06. The third kappa shape index (κ3) is 3.50. The van der Waals surface area contributed by atoms with E-state index in [0.717, 1.165) is 17.0 Å². The van der Waals surface area contributed by atoms with Crippen molar-refractivity contribution in [2.24, 2.45) is 5.92 Å². The normalized spacial score (nSPS) is 12.3. The summed E-state index contributed by atoms with van der Waals surface area (Å²) in [5.74, 6) is 1.12. The lowest BCUT2D eigenvalue weighted by Gasteiger charge is -2.23. The number of rotatable bonds is 4. The van der Waals surface area contributed by atoms with E-state index in [1.54, 1.807) is 16.7 Å². The molecule has 1 aromatic carbocycles. The van der Waals surface area contributed by atoms with Gasteiger partial charge in [-0.3, -0.25) is 4.79 Å². The predicted molar refractivity (Wildman–Crippen MR) is 76.9 cm³/mol. The molecule has 1 atom stereocenters. The largest absolute Gasteiger partial charge is 0.315 e. The summed E-state index contributed by atoms with van der Waals surface area (Å²) in [6.45, 7) is 6.07. The van der Waals surface area contributed by atoms with Gasteiger partial charge in [-0.25, -0.2) is 0 Å². The summed E-state index contributed by atoms with van der Waals surface area (Å²) in [6, 6.07) is 6.20. The van der Waals surface area contributed by atoms with Crippen LogP contribution in [0.5, 0.6) is 0 Å². The molecule has 0 N–H and O–H groups in total. The highest BCUT2D eigenvalue weighted by Gasteiger charge is 2.19. The van der Waals surface area contributed by atoms with E-state index in [1.807, 2.05) is 34.1 Å². The molecule has 17 heavy (non-hydrogen) atoms. The Morgan fingerprint density at radius 1 is 1.41 bits per heavy atom. The lowest BCUT2D eigenvalue weighted by molar-refractivity contribution is -0.120. The van der Waals surface area contributed by atoms with Crippen molar-refractivity contribution in [3.8, 4) is 0 Å². The number of anilines is 1. The lowest BCUT2D eigenvalue weighted by Crippen LogP contribution is -2.33. The van der Waals surface area contributed by atoms with Gasteiger partial charge in [0.2, 0.25) is 5.91 Å². The highest BCUT2D eigenvalue weighted by Crippen LogP contribution is 2.22. The van der Waals surface area contributed by atoms with Crippen molar-refractivity contribution in [1.82, 2.24) is 0 Å². The second-order valence-electron chi connectivity index (χ2n) is 4.54. The van der Waals surface area contributed by atoms with Crippen LogP contribution in [0.4, 0.5) is 5.69 Å². The summed E-state index contributed by atoms with van der Waals surface area (Å²) in [4.78, 5) is 14.0. The third-order valence-corrected chi connectivity index (χ3v) is 3.73. The van der Waals surface area contributed by atoms with Gasteiger partial charge in [0.1, 0.15) is 0 Å². The van der Waals surface area contributed by atoms with Gasteiger partial charge in [-0.1, -0.05) is 19.1 Å². The molecular weight excluding hydrogens is 230 g/mol. The van der Waals surface area contributed by atoms with Crippen LogP contribution in [0.2, 0.25) is 0 Å². The first kappa shape index (κ1) is 14.1. The fourth-order valence-electron chi connectivity index (χ4n) is 1.85. The maximum Gasteiger partial charge on any atom is 0.230 e. The molecule has 0 bridgehead atoms. The number of amides is 1. The Morgan fingerprint density at radius 3 is 2.65 bits per heavy atom. The van der Waals surface area contributed by atoms with Crippen molar-refractivity contribution in [3.63, 3.8) is 0 Å². The van der Waals surface area contributed by atoms with Crippen LogP contribution < -0.4 is 4.90 Å². The van der Waals surface area contributed by atoms with Gasteiger partial charge in [-0.15, -0.1) is 0 Å². The first-order valence-electron chi connectivity index (χ1n) is 5.81. The van der Waals surface area contributed by atoms with Crippen molar-refractivity contribution in [3.05, 3.63) is 29.3 Å². The summed E-state index contributed by atoms with van der Waals surface area (Å²) in [5.41, 5.74) is 3.34. The molecule has 0 unspecified atom stereocenters. The zero-order valence-corrected chi connectivity index (χ0v) is 12.1. The number of benzene rings is 1. The molecule has 1 aromatic rings. The van der Waals surface area contributed by atoms with Crippen molar-refractivity contribution in [2.75, 3.05) is 24.0 Å². The van der Waals surface area contributed by atoms with Gasteiger partial charge in [0.25, 0.3) is 0 Å². The van der Waals surface area contributed by atoms with Crippen molar-refractivity contribution < 1.29 is 4.79 Å². The molecule has 0 aromatic heterocycles. The Bertz CT molecular complexity index is 403. The minimum atomic E-state index is 0.0647. The van der Waals surface area contributed by atoms with Crippen LogP contribution in [0.25, 0.3) is 0 Å². The number of carbonyl (C=O) groups excluding carboxylic acids is 1. The Hall–Kier alpha value is -0.960.